The van der Waals surface area contributed by atoms with Crippen molar-refractivity contribution in [2.24, 2.45) is 0 Å². The molecule has 3 aromatic rings. The maximum absolute atomic E-state index is 13.3. The van der Waals surface area contributed by atoms with E-state index in [4.69, 9.17) is 0 Å². The van der Waals surface area contributed by atoms with Crippen LogP contribution in [0, 0.1) is 23.5 Å². The van der Waals surface area contributed by atoms with Gasteiger partial charge in [0.2, 0.25) is 0 Å². The molecule has 0 bridgehead atoms. The third-order valence-corrected chi connectivity index (χ3v) is 5.57. The zero-order chi connectivity index (χ0) is 20.2. The molecule has 0 saturated carbocycles. The van der Waals surface area contributed by atoms with Crippen molar-refractivity contribution in [2.45, 2.75) is 45.4 Å². The van der Waals surface area contributed by atoms with Crippen LogP contribution in [0.3, 0.4) is 0 Å². The fourth-order valence-electron chi connectivity index (χ4n) is 3.98. The first-order valence-electron chi connectivity index (χ1n) is 10.4. The lowest BCUT2D eigenvalue weighted by Crippen LogP contribution is -2.05. The predicted octanol–water partition coefficient (Wildman–Crippen LogP) is 6.86. The highest BCUT2D eigenvalue weighted by molar-refractivity contribution is 5.74. The molecule has 0 spiro atoms. The van der Waals surface area contributed by atoms with E-state index in [2.05, 4.69) is 49.1 Å². The summed E-state index contributed by atoms with van der Waals surface area (Å²) in [6, 6.07) is 16.9. The summed E-state index contributed by atoms with van der Waals surface area (Å²) < 4.78 is 26.4. The van der Waals surface area contributed by atoms with Crippen molar-refractivity contribution >= 4 is 0 Å². The summed E-state index contributed by atoms with van der Waals surface area (Å²) in [5.74, 6) is 4.29. The molecule has 0 unspecified atom stereocenters. The van der Waals surface area contributed by atoms with E-state index in [1.165, 1.54) is 53.1 Å². The molecular weight excluding hydrogens is 362 g/mol. The average Bonchev–Trinajstić information content (AvgIpc) is 2.74. The second-order valence-electron chi connectivity index (χ2n) is 7.70. The lowest BCUT2D eigenvalue weighted by Gasteiger charge is -2.21. The Labute approximate surface area is 171 Å². The van der Waals surface area contributed by atoms with Gasteiger partial charge >= 0.3 is 0 Å². The molecule has 1 aliphatic carbocycles. The van der Waals surface area contributed by atoms with E-state index in [1.54, 1.807) is 0 Å². The Morgan fingerprint density at radius 2 is 1.38 bits per heavy atom. The molecule has 0 radical (unpaired) electrons. The minimum atomic E-state index is -0.868. The molecule has 0 aromatic heterocycles. The number of benzene rings is 3. The normalized spacial score (nSPS) is 12.0. The maximum Gasteiger partial charge on any atom is 0.160 e. The molecule has 2 heteroatoms. The molecule has 3 aromatic carbocycles. The van der Waals surface area contributed by atoms with E-state index >= 15 is 0 Å². The minimum Gasteiger partial charge on any atom is -0.204 e. The van der Waals surface area contributed by atoms with Gasteiger partial charge in [0, 0.05) is 11.1 Å². The topological polar surface area (TPSA) is 0 Å². The Hall–Kier alpha value is -2.92. The largest absolute Gasteiger partial charge is 0.204 e. The predicted molar refractivity (Wildman–Crippen MR) is 115 cm³/mol. The van der Waals surface area contributed by atoms with Gasteiger partial charge in [0.25, 0.3) is 0 Å². The monoisotopic (exact) mass is 386 g/mol. The number of rotatable bonds is 4. The summed E-state index contributed by atoms with van der Waals surface area (Å²) >= 11 is 0. The van der Waals surface area contributed by atoms with Crippen LogP contribution >= 0.6 is 0 Å². The van der Waals surface area contributed by atoms with Crippen molar-refractivity contribution in [2.75, 3.05) is 0 Å². The van der Waals surface area contributed by atoms with Crippen LogP contribution in [0.15, 0.2) is 54.6 Å². The molecule has 0 amide bonds. The number of aryl methyl sites for hydroxylation is 3. The number of unbranched alkanes of at least 4 members (excludes halogenated alkanes) is 2. The van der Waals surface area contributed by atoms with Crippen molar-refractivity contribution in [3.8, 4) is 23.0 Å². The smallest absolute Gasteiger partial charge is 0.160 e. The Morgan fingerprint density at radius 3 is 2.10 bits per heavy atom. The van der Waals surface area contributed by atoms with Gasteiger partial charge in [-0.1, -0.05) is 55.9 Å². The molecule has 146 valence electrons. The van der Waals surface area contributed by atoms with Crippen molar-refractivity contribution in [3.05, 3.63) is 94.0 Å². The molecule has 0 atom stereocenters. The fourth-order valence-corrected chi connectivity index (χ4v) is 3.98. The van der Waals surface area contributed by atoms with Crippen molar-refractivity contribution < 1.29 is 8.78 Å². The zero-order valence-electron chi connectivity index (χ0n) is 16.7. The molecule has 0 heterocycles. The lowest BCUT2D eigenvalue weighted by molar-refractivity contribution is 0.508. The first kappa shape index (κ1) is 19.4. The minimum absolute atomic E-state index is 0.475. The fraction of sp³-hybridized carbons (Fsp3) is 0.259. The molecule has 0 saturated heterocycles. The van der Waals surface area contributed by atoms with Crippen LogP contribution in [0.1, 0.15) is 54.0 Å². The molecule has 0 N–H and O–H groups in total. The number of fused-ring (bicyclic) bond motifs is 3. The van der Waals surface area contributed by atoms with Crippen LogP contribution in [0.25, 0.3) is 11.1 Å². The van der Waals surface area contributed by atoms with E-state index in [0.717, 1.165) is 37.0 Å². The van der Waals surface area contributed by atoms with Gasteiger partial charge in [-0.25, -0.2) is 8.78 Å². The first-order valence-corrected chi connectivity index (χ1v) is 10.4. The summed E-state index contributed by atoms with van der Waals surface area (Å²) in [5.41, 5.74) is 8.15. The number of hydrogen-bond acceptors (Lipinski definition) is 0. The van der Waals surface area contributed by atoms with E-state index < -0.39 is 11.6 Å². The summed E-state index contributed by atoms with van der Waals surface area (Å²) in [6.07, 6.45) is 7.00. The van der Waals surface area contributed by atoms with Gasteiger partial charge in [-0.05, 0) is 83.8 Å². The Bertz CT molecular complexity index is 1100. The Kier molecular flexibility index (Phi) is 5.76. The highest BCUT2D eigenvalue weighted by atomic mass is 19.2. The lowest BCUT2D eigenvalue weighted by atomic mass is 9.83. The number of halogens is 2. The number of hydrogen-bond donors (Lipinski definition) is 0. The summed E-state index contributed by atoms with van der Waals surface area (Å²) in [6.45, 7) is 2.24. The van der Waals surface area contributed by atoms with E-state index in [1.807, 2.05) is 6.07 Å². The molecule has 4 rings (SSSR count). The summed E-state index contributed by atoms with van der Waals surface area (Å²) in [5, 5.41) is 0. The molecule has 0 aliphatic heterocycles. The van der Waals surface area contributed by atoms with Crippen LogP contribution < -0.4 is 0 Å². The first-order chi connectivity index (χ1) is 14.1. The second kappa shape index (κ2) is 8.62. The molecule has 1 aliphatic rings. The summed E-state index contributed by atoms with van der Waals surface area (Å²) in [4.78, 5) is 0. The molecule has 29 heavy (non-hydrogen) atoms. The molecule has 0 fully saturated rings. The van der Waals surface area contributed by atoms with Gasteiger partial charge in [-0.3, -0.25) is 0 Å². The van der Waals surface area contributed by atoms with Gasteiger partial charge in [-0.2, -0.15) is 0 Å². The molecule has 0 nitrogen and oxygen atoms in total. The van der Waals surface area contributed by atoms with Crippen molar-refractivity contribution in [3.63, 3.8) is 0 Å². The quantitative estimate of drug-likeness (QED) is 0.339. The van der Waals surface area contributed by atoms with Crippen LogP contribution in [0.2, 0.25) is 0 Å². The van der Waals surface area contributed by atoms with Crippen LogP contribution in [-0.2, 0) is 19.3 Å². The van der Waals surface area contributed by atoms with Gasteiger partial charge in [-0.15, -0.1) is 0 Å². The van der Waals surface area contributed by atoms with Gasteiger partial charge < -0.3 is 0 Å². The third-order valence-electron chi connectivity index (χ3n) is 5.57. The van der Waals surface area contributed by atoms with Crippen molar-refractivity contribution in [1.82, 2.24) is 0 Å². The van der Waals surface area contributed by atoms with E-state index in [0.29, 0.717) is 5.56 Å². The van der Waals surface area contributed by atoms with E-state index in [-0.39, 0.29) is 0 Å². The standard InChI is InChI=1S/C27H24F2/c1-2-3-4-5-19-8-13-24-22(16-19)11-12-23-17-20(9-14-25(23)24)6-7-21-10-15-26(28)27(29)18-21/h8-10,13-18H,2-5,11-12H2,1H3. The van der Waals surface area contributed by atoms with E-state index in [9.17, 15) is 8.78 Å². The highest BCUT2D eigenvalue weighted by Crippen LogP contribution is 2.34. The van der Waals surface area contributed by atoms with Gasteiger partial charge in [0.15, 0.2) is 11.6 Å². The average molecular weight is 386 g/mol. The highest BCUT2D eigenvalue weighted by Gasteiger charge is 2.16. The zero-order valence-corrected chi connectivity index (χ0v) is 16.7. The Morgan fingerprint density at radius 1 is 0.724 bits per heavy atom. The van der Waals surface area contributed by atoms with Crippen LogP contribution in [-0.4, -0.2) is 0 Å². The van der Waals surface area contributed by atoms with Crippen LogP contribution in [0.5, 0.6) is 0 Å². The maximum atomic E-state index is 13.3. The van der Waals surface area contributed by atoms with Crippen LogP contribution in [0.4, 0.5) is 8.78 Å². The Balaban J connectivity index is 1.56. The molecular formula is C27H24F2. The van der Waals surface area contributed by atoms with Crippen molar-refractivity contribution in [1.29, 1.82) is 0 Å². The SMILES string of the molecule is CCCCCc1ccc2c(c1)CCc1cc(C#Cc3ccc(F)c(F)c3)ccc1-2. The van der Waals surface area contributed by atoms with Gasteiger partial charge in [0.1, 0.15) is 0 Å². The third kappa shape index (κ3) is 4.40. The summed E-state index contributed by atoms with van der Waals surface area (Å²) in [7, 11) is 0. The van der Waals surface area contributed by atoms with Gasteiger partial charge in [0.05, 0.1) is 0 Å². The second-order valence-corrected chi connectivity index (χ2v) is 7.70.